The number of carbonyl (C=O) groups excluding carboxylic acids is 1. The quantitative estimate of drug-likeness (QED) is 0.639. The lowest BCUT2D eigenvalue weighted by atomic mass is 9.85. The molecule has 3 rings (SSSR count). The van der Waals surface area contributed by atoms with E-state index >= 15 is 0 Å². The van der Waals surface area contributed by atoms with E-state index in [1.54, 1.807) is 6.07 Å². The zero-order chi connectivity index (χ0) is 17.8. The first kappa shape index (κ1) is 17.4. The van der Waals surface area contributed by atoms with E-state index in [2.05, 4.69) is 20.8 Å². The SMILES string of the molecule is COc1nnccc1NC(=O)NC1CC(N(CC(=O)O)CC2CC2)C1. The van der Waals surface area contributed by atoms with Gasteiger partial charge >= 0.3 is 12.0 Å². The number of urea groups is 1. The van der Waals surface area contributed by atoms with E-state index in [0.29, 0.717) is 11.6 Å². The van der Waals surface area contributed by atoms with Crippen LogP contribution in [0.1, 0.15) is 25.7 Å². The zero-order valence-corrected chi connectivity index (χ0v) is 14.1. The Balaban J connectivity index is 1.45. The molecule has 0 spiro atoms. The van der Waals surface area contributed by atoms with E-state index in [1.165, 1.54) is 26.1 Å². The van der Waals surface area contributed by atoms with E-state index < -0.39 is 5.97 Å². The molecule has 2 aliphatic carbocycles. The molecule has 9 heteroatoms. The molecule has 2 amide bonds. The average molecular weight is 349 g/mol. The molecule has 9 nitrogen and oxygen atoms in total. The minimum Gasteiger partial charge on any atom is -0.480 e. The minimum absolute atomic E-state index is 0.0429. The van der Waals surface area contributed by atoms with Gasteiger partial charge in [-0.3, -0.25) is 9.69 Å². The normalized spacial score (nSPS) is 22.2. The number of anilines is 1. The highest BCUT2D eigenvalue weighted by Crippen LogP contribution is 2.33. The van der Waals surface area contributed by atoms with Gasteiger partial charge < -0.3 is 20.5 Å². The summed E-state index contributed by atoms with van der Waals surface area (Å²) in [5, 5.41) is 22.1. The number of amides is 2. The number of hydrogen-bond acceptors (Lipinski definition) is 6. The lowest BCUT2D eigenvalue weighted by Crippen LogP contribution is -2.55. The van der Waals surface area contributed by atoms with Crippen molar-refractivity contribution in [2.45, 2.75) is 37.8 Å². The summed E-state index contributed by atoms with van der Waals surface area (Å²) in [6.07, 6.45) is 5.38. The lowest BCUT2D eigenvalue weighted by Gasteiger charge is -2.42. The Morgan fingerprint density at radius 3 is 2.80 bits per heavy atom. The molecular formula is C16H23N5O4. The van der Waals surface area contributed by atoms with Crippen molar-refractivity contribution in [3.63, 3.8) is 0 Å². The van der Waals surface area contributed by atoms with Crippen LogP contribution in [0.2, 0.25) is 0 Å². The van der Waals surface area contributed by atoms with Gasteiger partial charge in [-0.25, -0.2) is 4.79 Å². The van der Waals surface area contributed by atoms with Crippen molar-refractivity contribution in [3.8, 4) is 5.88 Å². The third-order valence-electron chi connectivity index (χ3n) is 4.62. The van der Waals surface area contributed by atoms with E-state index in [0.717, 1.165) is 19.4 Å². The van der Waals surface area contributed by atoms with Crippen molar-refractivity contribution < 1.29 is 19.4 Å². The Bertz CT molecular complexity index is 631. The van der Waals surface area contributed by atoms with Crippen LogP contribution < -0.4 is 15.4 Å². The number of aliphatic carboxylic acids is 1. The second kappa shape index (κ2) is 7.64. The van der Waals surface area contributed by atoms with Crippen molar-refractivity contribution in [2.75, 3.05) is 25.5 Å². The van der Waals surface area contributed by atoms with Gasteiger partial charge in [-0.15, -0.1) is 5.10 Å². The smallest absolute Gasteiger partial charge is 0.319 e. The van der Waals surface area contributed by atoms with Gasteiger partial charge in [0.1, 0.15) is 5.69 Å². The molecule has 1 aromatic heterocycles. The monoisotopic (exact) mass is 349 g/mol. The van der Waals surface area contributed by atoms with Gasteiger partial charge in [0.2, 0.25) is 0 Å². The van der Waals surface area contributed by atoms with Gasteiger partial charge in [0.05, 0.1) is 19.9 Å². The molecule has 0 bridgehead atoms. The second-order valence-electron chi connectivity index (χ2n) is 6.64. The van der Waals surface area contributed by atoms with E-state index in [1.807, 2.05) is 4.90 Å². The molecule has 2 fully saturated rings. The summed E-state index contributed by atoms with van der Waals surface area (Å²) in [7, 11) is 1.46. The predicted octanol–water partition coefficient (Wildman–Crippen LogP) is 0.934. The van der Waals surface area contributed by atoms with Crippen LogP contribution in [0.3, 0.4) is 0 Å². The molecule has 136 valence electrons. The summed E-state index contributed by atoms with van der Waals surface area (Å²) in [6.45, 7) is 0.912. The maximum absolute atomic E-state index is 12.1. The standard InChI is InChI=1S/C16H23N5O4/c1-25-15-13(4-5-17-20-15)19-16(24)18-11-6-12(7-11)21(9-14(22)23)8-10-2-3-10/h4-5,10-12H,2-3,6-9H2,1H3,(H,22,23)(H2,17,18,19,24). The molecule has 2 saturated carbocycles. The molecule has 1 heterocycles. The van der Waals surface area contributed by atoms with Crippen LogP contribution in [0.25, 0.3) is 0 Å². The minimum atomic E-state index is -0.799. The number of hydrogen-bond donors (Lipinski definition) is 3. The molecule has 25 heavy (non-hydrogen) atoms. The maximum Gasteiger partial charge on any atom is 0.319 e. The predicted molar refractivity (Wildman–Crippen MR) is 89.5 cm³/mol. The fraction of sp³-hybridized carbons (Fsp3) is 0.625. The molecule has 0 aromatic carbocycles. The first-order valence-corrected chi connectivity index (χ1v) is 8.44. The van der Waals surface area contributed by atoms with Gasteiger partial charge in [-0.1, -0.05) is 0 Å². The van der Waals surface area contributed by atoms with Crippen LogP contribution in [0.4, 0.5) is 10.5 Å². The molecule has 0 radical (unpaired) electrons. The van der Waals surface area contributed by atoms with Crippen molar-refractivity contribution in [1.82, 2.24) is 20.4 Å². The summed E-state index contributed by atoms with van der Waals surface area (Å²) in [6, 6.07) is 1.54. The summed E-state index contributed by atoms with van der Waals surface area (Å²) in [4.78, 5) is 25.2. The number of carbonyl (C=O) groups is 2. The Labute approximate surface area is 145 Å². The fourth-order valence-corrected chi connectivity index (χ4v) is 3.06. The van der Waals surface area contributed by atoms with Crippen LogP contribution in [0.5, 0.6) is 5.88 Å². The number of nitrogens with zero attached hydrogens (tertiary/aromatic N) is 3. The van der Waals surface area contributed by atoms with Gasteiger partial charge in [0.15, 0.2) is 0 Å². The Morgan fingerprint density at radius 2 is 2.16 bits per heavy atom. The summed E-state index contributed by atoms with van der Waals surface area (Å²) in [5.74, 6) is 0.0922. The van der Waals surface area contributed by atoms with Crippen molar-refractivity contribution in [1.29, 1.82) is 0 Å². The summed E-state index contributed by atoms with van der Waals surface area (Å²) >= 11 is 0. The first-order chi connectivity index (χ1) is 12.0. The third-order valence-corrected chi connectivity index (χ3v) is 4.62. The fourth-order valence-electron chi connectivity index (χ4n) is 3.06. The van der Waals surface area contributed by atoms with Crippen LogP contribution >= 0.6 is 0 Å². The number of ether oxygens (including phenoxy) is 1. The average Bonchev–Trinajstić information content (AvgIpc) is 3.34. The van der Waals surface area contributed by atoms with E-state index in [9.17, 15) is 9.59 Å². The Hall–Kier alpha value is -2.42. The van der Waals surface area contributed by atoms with Crippen LogP contribution in [-0.4, -0.2) is 64.5 Å². The Morgan fingerprint density at radius 1 is 1.40 bits per heavy atom. The van der Waals surface area contributed by atoms with E-state index in [4.69, 9.17) is 9.84 Å². The van der Waals surface area contributed by atoms with Crippen molar-refractivity contribution in [3.05, 3.63) is 12.3 Å². The van der Waals surface area contributed by atoms with Gasteiger partial charge in [0.25, 0.3) is 5.88 Å². The van der Waals surface area contributed by atoms with Crippen molar-refractivity contribution >= 4 is 17.7 Å². The molecule has 3 N–H and O–H groups in total. The summed E-state index contributed by atoms with van der Waals surface area (Å²) in [5.41, 5.74) is 0.451. The van der Waals surface area contributed by atoms with Crippen LogP contribution in [-0.2, 0) is 4.79 Å². The first-order valence-electron chi connectivity index (χ1n) is 8.44. The van der Waals surface area contributed by atoms with Crippen LogP contribution in [0, 0.1) is 5.92 Å². The van der Waals surface area contributed by atoms with Crippen LogP contribution in [0.15, 0.2) is 12.3 Å². The largest absolute Gasteiger partial charge is 0.480 e. The molecule has 0 aliphatic heterocycles. The van der Waals surface area contributed by atoms with Crippen molar-refractivity contribution in [2.24, 2.45) is 5.92 Å². The second-order valence-corrected chi connectivity index (χ2v) is 6.64. The number of carboxylic acid groups (broad SMARTS) is 1. The molecule has 0 atom stereocenters. The Kier molecular flexibility index (Phi) is 5.32. The number of carboxylic acids is 1. The van der Waals surface area contributed by atoms with Gasteiger partial charge in [-0.2, -0.15) is 5.10 Å². The summed E-state index contributed by atoms with van der Waals surface area (Å²) < 4.78 is 5.04. The molecule has 0 saturated heterocycles. The number of nitrogens with one attached hydrogen (secondary N) is 2. The highest BCUT2D eigenvalue weighted by Gasteiger charge is 2.37. The highest BCUT2D eigenvalue weighted by molar-refractivity contribution is 5.90. The molecular weight excluding hydrogens is 326 g/mol. The maximum atomic E-state index is 12.1. The molecule has 2 aliphatic rings. The molecule has 0 unspecified atom stereocenters. The third kappa shape index (κ3) is 4.79. The lowest BCUT2D eigenvalue weighted by molar-refractivity contribution is -0.139. The van der Waals surface area contributed by atoms with E-state index in [-0.39, 0.29) is 30.5 Å². The topological polar surface area (TPSA) is 117 Å². The zero-order valence-electron chi connectivity index (χ0n) is 14.1. The number of methoxy groups -OCH3 is 1. The van der Waals surface area contributed by atoms with Gasteiger partial charge in [0, 0.05) is 18.6 Å². The van der Waals surface area contributed by atoms with Gasteiger partial charge in [-0.05, 0) is 37.7 Å². The molecule has 1 aromatic rings. The number of rotatable bonds is 8. The number of aromatic nitrogens is 2. The highest BCUT2D eigenvalue weighted by atomic mass is 16.5.